The molecule has 2 aromatic rings. The van der Waals surface area contributed by atoms with Crippen molar-refractivity contribution in [2.75, 3.05) is 13.6 Å². The Bertz CT molecular complexity index is 696. The fourth-order valence-corrected chi connectivity index (χ4v) is 2.81. The van der Waals surface area contributed by atoms with Gasteiger partial charge in [-0.1, -0.05) is 35.9 Å². The van der Waals surface area contributed by atoms with Crippen LogP contribution in [0.4, 0.5) is 0 Å². The number of benzene rings is 1. The standard InChI is InChI=1S/C18H25ClN4O/c1-4-20-18(21-10-14-7-5-6-8-15(14)13-24)23(3)12-17-9-16(19)11-22(17)2/h5-9,11,24H,4,10,12-13H2,1-3H3,(H,20,21). The van der Waals surface area contributed by atoms with Gasteiger partial charge in [0.05, 0.1) is 24.7 Å². The fraction of sp³-hybridized carbons (Fsp3) is 0.389. The highest BCUT2D eigenvalue weighted by atomic mass is 35.5. The maximum atomic E-state index is 9.43. The van der Waals surface area contributed by atoms with Crippen molar-refractivity contribution >= 4 is 17.6 Å². The Balaban J connectivity index is 2.13. The molecule has 2 N–H and O–H groups in total. The number of hydrogen-bond acceptors (Lipinski definition) is 2. The van der Waals surface area contributed by atoms with Gasteiger partial charge in [0, 0.05) is 32.5 Å². The highest BCUT2D eigenvalue weighted by Gasteiger charge is 2.10. The lowest BCUT2D eigenvalue weighted by molar-refractivity contribution is 0.280. The van der Waals surface area contributed by atoms with Gasteiger partial charge in [0.25, 0.3) is 0 Å². The molecule has 0 saturated heterocycles. The number of hydrogen-bond donors (Lipinski definition) is 2. The van der Waals surface area contributed by atoms with Crippen LogP contribution in [0.5, 0.6) is 0 Å². The highest BCUT2D eigenvalue weighted by molar-refractivity contribution is 6.30. The molecule has 24 heavy (non-hydrogen) atoms. The van der Waals surface area contributed by atoms with E-state index in [9.17, 15) is 5.11 Å². The number of guanidine groups is 1. The van der Waals surface area contributed by atoms with E-state index in [1.165, 1.54) is 0 Å². The van der Waals surface area contributed by atoms with Gasteiger partial charge in [-0.05, 0) is 24.1 Å². The Morgan fingerprint density at radius 2 is 2.04 bits per heavy atom. The van der Waals surface area contributed by atoms with E-state index >= 15 is 0 Å². The van der Waals surface area contributed by atoms with E-state index < -0.39 is 0 Å². The molecule has 0 atom stereocenters. The molecular formula is C18H25ClN4O. The maximum Gasteiger partial charge on any atom is 0.194 e. The summed E-state index contributed by atoms with van der Waals surface area (Å²) < 4.78 is 2.02. The molecule has 0 radical (unpaired) electrons. The van der Waals surface area contributed by atoms with E-state index in [0.717, 1.165) is 34.3 Å². The van der Waals surface area contributed by atoms with Crippen molar-refractivity contribution in [1.82, 2.24) is 14.8 Å². The van der Waals surface area contributed by atoms with Gasteiger partial charge >= 0.3 is 0 Å². The Morgan fingerprint density at radius 1 is 1.33 bits per heavy atom. The maximum absolute atomic E-state index is 9.43. The molecule has 2 rings (SSSR count). The Hall–Kier alpha value is -1.98. The molecule has 0 fully saturated rings. The largest absolute Gasteiger partial charge is 0.392 e. The number of nitrogens with one attached hydrogen (secondary N) is 1. The lowest BCUT2D eigenvalue weighted by atomic mass is 10.1. The molecular weight excluding hydrogens is 324 g/mol. The van der Waals surface area contributed by atoms with E-state index in [4.69, 9.17) is 16.6 Å². The van der Waals surface area contributed by atoms with E-state index in [1.54, 1.807) is 0 Å². The number of aromatic nitrogens is 1. The summed E-state index contributed by atoms with van der Waals surface area (Å²) in [5.74, 6) is 0.822. The second-order valence-corrected chi connectivity index (χ2v) is 6.15. The quantitative estimate of drug-likeness (QED) is 0.623. The molecule has 0 aliphatic heterocycles. The van der Waals surface area contributed by atoms with Crippen LogP contribution in [0.2, 0.25) is 5.02 Å². The van der Waals surface area contributed by atoms with E-state index in [1.807, 2.05) is 62.1 Å². The number of aliphatic hydroxyl groups excluding tert-OH is 1. The third kappa shape index (κ3) is 4.76. The smallest absolute Gasteiger partial charge is 0.194 e. The van der Waals surface area contributed by atoms with E-state index in [0.29, 0.717) is 13.1 Å². The zero-order valence-corrected chi connectivity index (χ0v) is 15.2. The predicted molar refractivity (Wildman–Crippen MR) is 99.1 cm³/mol. The molecule has 0 bridgehead atoms. The summed E-state index contributed by atoms with van der Waals surface area (Å²) in [4.78, 5) is 6.77. The summed E-state index contributed by atoms with van der Waals surface area (Å²) in [5, 5.41) is 13.5. The lowest BCUT2D eigenvalue weighted by Gasteiger charge is -2.22. The predicted octanol–water partition coefficient (Wildman–Crippen LogP) is 2.77. The van der Waals surface area contributed by atoms with Gasteiger partial charge in [0.15, 0.2) is 5.96 Å². The number of halogens is 1. The molecule has 0 saturated carbocycles. The summed E-state index contributed by atoms with van der Waals surface area (Å²) in [6, 6.07) is 9.77. The first kappa shape index (κ1) is 18.4. The SMILES string of the molecule is CCNC(=NCc1ccccc1CO)N(C)Cc1cc(Cl)cn1C. The van der Waals surface area contributed by atoms with Gasteiger partial charge in [-0.3, -0.25) is 0 Å². The minimum Gasteiger partial charge on any atom is -0.392 e. The van der Waals surface area contributed by atoms with Gasteiger partial charge in [-0.25, -0.2) is 4.99 Å². The molecule has 0 amide bonds. The summed E-state index contributed by atoms with van der Waals surface area (Å²) in [6.45, 7) is 4.09. The van der Waals surface area contributed by atoms with Crippen molar-refractivity contribution in [2.24, 2.45) is 12.0 Å². The number of aliphatic imine (C=N–C) groups is 1. The second-order valence-electron chi connectivity index (χ2n) is 5.71. The summed E-state index contributed by atoms with van der Waals surface area (Å²) in [6.07, 6.45) is 1.90. The molecule has 1 aromatic carbocycles. The summed E-state index contributed by atoms with van der Waals surface area (Å²) >= 11 is 6.06. The molecule has 5 nitrogen and oxygen atoms in total. The minimum atomic E-state index is 0.0277. The first-order valence-electron chi connectivity index (χ1n) is 8.03. The number of nitrogens with zero attached hydrogens (tertiary/aromatic N) is 3. The van der Waals surface area contributed by atoms with Crippen molar-refractivity contribution in [2.45, 2.75) is 26.6 Å². The van der Waals surface area contributed by atoms with Crippen LogP contribution in [0.25, 0.3) is 0 Å². The Kier molecular flexibility index (Phi) is 6.70. The molecule has 1 aromatic heterocycles. The van der Waals surface area contributed by atoms with Crippen molar-refractivity contribution in [3.63, 3.8) is 0 Å². The molecule has 6 heteroatoms. The summed E-state index contributed by atoms with van der Waals surface area (Å²) in [5.41, 5.74) is 3.06. The van der Waals surface area contributed by atoms with Crippen LogP contribution in [-0.4, -0.2) is 34.1 Å². The second kappa shape index (κ2) is 8.76. The van der Waals surface area contributed by atoms with Crippen LogP contribution in [0.1, 0.15) is 23.7 Å². The normalized spacial score (nSPS) is 11.6. The van der Waals surface area contributed by atoms with Gasteiger partial charge in [-0.15, -0.1) is 0 Å². The topological polar surface area (TPSA) is 52.8 Å². The number of aryl methyl sites for hydroxylation is 1. The van der Waals surface area contributed by atoms with Crippen molar-refractivity contribution in [3.8, 4) is 0 Å². The van der Waals surface area contributed by atoms with Crippen LogP contribution < -0.4 is 5.32 Å². The van der Waals surface area contributed by atoms with Crippen LogP contribution >= 0.6 is 11.6 Å². The van der Waals surface area contributed by atoms with Gasteiger partial charge < -0.3 is 19.9 Å². The summed E-state index contributed by atoms with van der Waals surface area (Å²) in [7, 11) is 3.98. The molecule has 0 unspecified atom stereocenters. The zero-order valence-electron chi connectivity index (χ0n) is 14.5. The first-order chi connectivity index (χ1) is 11.5. The fourth-order valence-electron chi connectivity index (χ4n) is 2.54. The van der Waals surface area contributed by atoms with Crippen LogP contribution in [0.15, 0.2) is 41.5 Å². The minimum absolute atomic E-state index is 0.0277. The monoisotopic (exact) mass is 348 g/mol. The molecule has 0 spiro atoms. The molecule has 1 heterocycles. The lowest BCUT2D eigenvalue weighted by Crippen LogP contribution is -2.38. The van der Waals surface area contributed by atoms with E-state index in [-0.39, 0.29) is 6.61 Å². The Labute approximate surface area is 148 Å². The third-order valence-electron chi connectivity index (χ3n) is 3.86. The van der Waals surface area contributed by atoms with Crippen molar-refractivity contribution < 1.29 is 5.11 Å². The van der Waals surface area contributed by atoms with Crippen LogP contribution in [-0.2, 0) is 26.7 Å². The van der Waals surface area contributed by atoms with Crippen molar-refractivity contribution in [3.05, 3.63) is 58.4 Å². The average Bonchev–Trinajstić information content (AvgIpc) is 2.88. The molecule has 0 aliphatic carbocycles. The first-order valence-corrected chi connectivity index (χ1v) is 8.40. The number of rotatable bonds is 6. The van der Waals surface area contributed by atoms with Gasteiger partial charge in [-0.2, -0.15) is 0 Å². The van der Waals surface area contributed by atoms with Gasteiger partial charge in [0.1, 0.15) is 0 Å². The average molecular weight is 349 g/mol. The molecule has 0 aliphatic rings. The Morgan fingerprint density at radius 3 is 2.62 bits per heavy atom. The van der Waals surface area contributed by atoms with E-state index in [2.05, 4.69) is 10.2 Å². The zero-order chi connectivity index (χ0) is 17.5. The molecule has 130 valence electrons. The number of aliphatic hydroxyl groups is 1. The third-order valence-corrected chi connectivity index (χ3v) is 4.06. The van der Waals surface area contributed by atoms with Crippen LogP contribution in [0.3, 0.4) is 0 Å². The van der Waals surface area contributed by atoms with Crippen LogP contribution in [0, 0.1) is 0 Å². The highest BCUT2D eigenvalue weighted by Crippen LogP contribution is 2.15. The van der Waals surface area contributed by atoms with Gasteiger partial charge in [0.2, 0.25) is 0 Å². The van der Waals surface area contributed by atoms with Crippen molar-refractivity contribution in [1.29, 1.82) is 0 Å².